The molecule has 72 heavy (non-hydrogen) atoms. The van der Waals surface area contributed by atoms with Crippen LogP contribution in [0.3, 0.4) is 0 Å². The van der Waals surface area contributed by atoms with Crippen molar-refractivity contribution in [1.82, 2.24) is 5.32 Å². The molecule has 0 aromatic rings. The average Bonchev–Trinajstić information content (AvgIpc) is 3.34. The smallest absolute Gasteiger partial charge is 0.387 e. The van der Waals surface area contributed by atoms with Crippen LogP contribution in [0.4, 0.5) is 0 Å². The van der Waals surface area contributed by atoms with Crippen LogP contribution in [0, 0.1) is 0 Å². The Morgan fingerprint density at radius 1 is 0.486 bits per heavy atom. The maximum Gasteiger partial charge on any atom is 0.472 e. The summed E-state index contributed by atoms with van der Waals surface area (Å²) < 4.78 is 23.5. The molecule has 0 aliphatic rings. The van der Waals surface area contributed by atoms with Crippen molar-refractivity contribution in [2.45, 2.75) is 219 Å². The maximum absolute atomic E-state index is 12.9. The van der Waals surface area contributed by atoms with Crippen LogP contribution in [-0.4, -0.2) is 73.4 Å². The zero-order valence-corrected chi connectivity index (χ0v) is 47.5. The van der Waals surface area contributed by atoms with E-state index in [0.717, 1.165) is 96.3 Å². The number of allylic oxidation sites excluding steroid dienone is 21. The van der Waals surface area contributed by atoms with E-state index in [1.165, 1.54) is 89.9 Å². The second kappa shape index (κ2) is 52.5. The van der Waals surface area contributed by atoms with Crippen LogP contribution in [0.25, 0.3) is 0 Å². The van der Waals surface area contributed by atoms with Gasteiger partial charge in [-0.1, -0.05) is 231 Å². The number of aliphatic hydroxyl groups excluding tert-OH is 1. The molecule has 0 radical (unpaired) electrons. The van der Waals surface area contributed by atoms with E-state index in [4.69, 9.17) is 9.05 Å². The van der Waals surface area contributed by atoms with E-state index in [0.29, 0.717) is 17.4 Å². The lowest BCUT2D eigenvalue weighted by Gasteiger charge is -2.25. The topological polar surface area (TPSA) is 105 Å². The number of carbonyl (C=O) groups excluding carboxylic acids is 1. The summed E-state index contributed by atoms with van der Waals surface area (Å²) in [6.07, 6.45) is 80.1. The molecular formula is C63H108N2O6P+. The molecular weight excluding hydrogens is 912 g/mol. The van der Waals surface area contributed by atoms with Crippen molar-refractivity contribution < 1.29 is 32.9 Å². The average molecular weight is 1020 g/mol. The van der Waals surface area contributed by atoms with Gasteiger partial charge in [-0.05, 0) is 103 Å². The van der Waals surface area contributed by atoms with Gasteiger partial charge in [-0.25, -0.2) is 4.57 Å². The largest absolute Gasteiger partial charge is 0.472 e. The lowest BCUT2D eigenvalue weighted by atomic mass is 10.0. The van der Waals surface area contributed by atoms with Crippen molar-refractivity contribution in [3.8, 4) is 0 Å². The predicted molar refractivity (Wildman–Crippen MR) is 313 cm³/mol. The minimum absolute atomic E-state index is 0.0503. The second-order valence-corrected chi connectivity index (χ2v) is 21.4. The van der Waals surface area contributed by atoms with Crippen LogP contribution in [0.1, 0.15) is 206 Å². The highest BCUT2D eigenvalue weighted by Gasteiger charge is 2.27. The first-order valence-corrected chi connectivity index (χ1v) is 30.1. The molecule has 3 unspecified atom stereocenters. The fraction of sp³-hybridized carbons (Fsp3) is 0.635. The summed E-state index contributed by atoms with van der Waals surface area (Å²) in [7, 11) is 1.54. The number of unbranched alkanes of at least 4 members (excludes halogenated alkanes) is 17. The molecule has 1 amide bonds. The van der Waals surface area contributed by atoms with Gasteiger partial charge in [0.05, 0.1) is 39.9 Å². The van der Waals surface area contributed by atoms with Crippen LogP contribution in [0.2, 0.25) is 0 Å². The number of likely N-dealkylation sites (N-methyl/N-ethyl adjacent to an activating group) is 1. The molecule has 0 aromatic heterocycles. The Bertz CT molecular complexity index is 1630. The Hall–Kier alpha value is -3.36. The molecule has 0 bridgehead atoms. The summed E-state index contributed by atoms with van der Waals surface area (Å²) in [6, 6.07) is -0.869. The molecule has 0 saturated carbocycles. The van der Waals surface area contributed by atoms with E-state index in [1.807, 2.05) is 27.2 Å². The van der Waals surface area contributed by atoms with Crippen molar-refractivity contribution in [1.29, 1.82) is 0 Å². The first kappa shape index (κ1) is 68.6. The Morgan fingerprint density at radius 2 is 0.847 bits per heavy atom. The molecule has 8 nitrogen and oxygen atoms in total. The fourth-order valence-corrected chi connectivity index (χ4v) is 8.14. The van der Waals surface area contributed by atoms with E-state index < -0.39 is 20.0 Å². The molecule has 3 N–H and O–H groups in total. The van der Waals surface area contributed by atoms with Gasteiger partial charge in [-0.2, -0.15) is 0 Å². The van der Waals surface area contributed by atoms with Gasteiger partial charge in [-0.15, -0.1) is 0 Å². The summed E-state index contributed by atoms with van der Waals surface area (Å²) in [5.74, 6) is -0.197. The van der Waals surface area contributed by atoms with E-state index >= 15 is 0 Å². The third-order valence-corrected chi connectivity index (χ3v) is 12.8. The Morgan fingerprint density at radius 3 is 1.28 bits per heavy atom. The third-order valence-electron chi connectivity index (χ3n) is 11.9. The SMILES string of the molecule is CC/C=C\C/C=C\C/C=C\C/C=C\C/C=C\C/C=C\C/C=C\C/C=C\C/C=C\CCCCCCCCCCCCCCCC(=O)NC(COP(=O)(O)OCC[N+](C)(C)C)C(O)/C=C/CC/C=C/CCCCC. The van der Waals surface area contributed by atoms with E-state index in [-0.39, 0.29) is 19.1 Å². The number of amides is 1. The Kier molecular flexibility index (Phi) is 50.1. The standard InChI is InChI=1S/C63H107N2O6P/c1-6-8-10-12-14-16-17-18-19-20-21-22-23-24-25-26-27-28-29-30-31-32-33-34-35-36-37-38-39-40-41-42-43-44-45-46-47-49-51-53-55-57-63(67)64-61(60-71-72(68,69)70-59-58-65(3,4)5)62(66)56-54-52-50-48-15-13-11-9-7-2/h8,10,14-16,18-19,21-22,24-25,27-28,30-31,33-34,36-37,48,54,56,61-62,66H,6-7,9,11-13,17,20,23,26,29,32,35,38-47,49-53,55,57-60H2,1-5H3,(H-,64,67,68,69)/p+1/b10-8-,16-14-,19-18-,22-21-,25-24-,28-27-,31-30-,34-33-,37-36-,48-15+,56-54+. The summed E-state index contributed by atoms with van der Waals surface area (Å²) in [6.45, 7) is 4.60. The zero-order chi connectivity index (χ0) is 52.7. The molecule has 0 saturated heterocycles. The number of phosphoric ester groups is 1. The van der Waals surface area contributed by atoms with Gasteiger partial charge in [0.15, 0.2) is 0 Å². The Balaban J connectivity index is 3.98. The van der Waals surface area contributed by atoms with Crippen LogP contribution in [0.5, 0.6) is 0 Å². The van der Waals surface area contributed by atoms with E-state index in [2.05, 4.69) is 141 Å². The maximum atomic E-state index is 12.9. The summed E-state index contributed by atoms with van der Waals surface area (Å²) in [5.41, 5.74) is 0. The lowest BCUT2D eigenvalue weighted by Crippen LogP contribution is -2.45. The normalized spacial score (nSPS) is 14.9. The molecule has 0 aliphatic heterocycles. The Labute approximate surface area is 443 Å². The molecule has 9 heteroatoms. The number of quaternary nitrogens is 1. The number of nitrogens with one attached hydrogen (secondary N) is 1. The monoisotopic (exact) mass is 1020 g/mol. The number of rotatable bonds is 50. The molecule has 0 heterocycles. The lowest BCUT2D eigenvalue weighted by molar-refractivity contribution is -0.870. The second-order valence-electron chi connectivity index (χ2n) is 19.9. The van der Waals surface area contributed by atoms with E-state index in [9.17, 15) is 19.4 Å². The molecule has 410 valence electrons. The van der Waals surface area contributed by atoms with Gasteiger partial charge < -0.3 is 19.8 Å². The van der Waals surface area contributed by atoms with Gasteiger partial charge in [0, 0.05) is 6.42 Å². The number of hydrogen-bond acceptors (Lipinski definition) is 5. The number of hydrogen-bond donors (Lipinski definition) is 3. The van der Waals surface area contributed by atoms with Crippen molar-refractivity contribution in [3.63, 3.8) is 0 Å². The number of aliphatic hydroxyl groups is 1. The summed E-state index contributed by atoms with van der Waals surface area (Å²) in [5, 5.41) is 13.8. The van der Waals surface area contributed by atoms with E-state index in [1.54, 1.807) is 6.08 Å². The quantitative estimate of drug-likeness (QED) is 0.0243. The first-order valence-electron chi connectivity index (χ1n) is 28.6. The number of phosphoric acid groups is 1. The number of nitrogens with zero attached hydrogens (tertiary/aromatic N) is 1. The number of carbonyl (C=O) groups is 1. The minimum atomic E-state index is -4.35. The van der Waals surface area contributed by atoms with Gasteiger partial charge >= 0.3 is 7.82 Å². The molecule has 3 atom stereocenters. The van der Waals surface area contributed by atoms with Gasteiger partial charge in [0.2, 0.25) is 5.91 Å². The van der Waals surface area contributed by atoms with Crippen LogP contribution in [-0.2, 0) is 18.4 Å². The summed E-state index contributed by atoms with van der Waals surface area (Å²) >= 11 is 0. The van der Waals surface area contributed by atoms with Crippen molar-refractivity contribution >= 4 is 13.7 Å². The van der Waals surface area contributed by atoms with Crippen LogP contribution >= 0.6 is 7.82 Å². The summed E-state index contributed by atoms with van der Waals surface area (Å²) in [4.78, 5) is 23.1. The highest BCUT2D eigenvalue weighted by Crippen LogP contribution is 2.43. The van der Waals surface area contributed by atoms with Crippen LogP contribution in [0.15, 0.2) is 134 Å². The molecule has 0 spiro atoms. The van der Waals surface area contributed by atoms with Gasteiger partial charge in [0.1, 0.15) is 13.2 Å². The van der Waals surface area contributed by atoms with Crippen molar-refractivity contribution in [2.24, 2.45) is 0 Å². The van der Waals surface area contributed by atoms with Gasteiger partial charge in [-0.3, -0.25) is 13.8 Å². The van der Waals surface area contributed by atoms with Gasteiger partial charge in [0.25, 0.3) is 0 Å². The minimum Gasteiger partial charge on any atom is -0.387 e. The molecule has 0 aromatic carbocycles. The van der Waals surface area contributed by atoms with Crippen molar-refractivity contribution in [2.75, 3.05) is 40.9 Å². The zero-order valence-electron chi connectivity index (χ0n) is 46.6. The molecule has 0 aliphatic carbocycles. The van der Waals surface area contributed by atoms with Crippen molar-refractivity contribution in [3.05, 3.63) is 134 Å². The first-order chi connectivity index (χ1) is 35.0. The molecule has 0 rings (SSSR count). The highest BCUT2D eigenvalue weighted by molar-refractivity contribution is 7.47. The fourth-order valence-electron chi connectivity index (χ4n) is 7.40. The third kappa shape index (κ3) is 54.4. The predicted octanol–water partition coefficient (Wildman–Crippen LogP) is 17.5. The highest BCUT2D eigenvalue weighted by atomic mass is 31.2. The molecule has 0 fully saturated rings. The van der Waals surface area contributed by atoms with Crippen LogP contribution < -0.4 is 5.32 Å².